The standard InChI is InChI=1S/C37H34FN3O3/c1-26-31(25-34(27-17-19-30(44-2)20-18-27)41(26)33-16-10-9-15-32(33)38)36(42)39-21-23-40(24-22-39)37(43)35(28-11-5-3-6-12-28)29-13-7-4-8-14-29/h3-20,25,35H,21-24H2,1-2H3. The van der Waals surface area contributed by atoms with Gasteiger partial charge in [-0.3, -0.25) is 9.59 Å². The molecule has 44 heavy (non-hydrogen) atoms. The molecule has 1 saturated heterocycles. The van der Waals surface area contributed by atoms with E-state index in [1.807, 2.05) is 103 Å². The minimum Gasteiger partial charge on any atom is -0.497 e. The summed E-state index contributed by atoms with van der Waals surface area (Å²) < 4.78 is 22.2. The van der Waals surface area contributed by atoms with Gasteiger partial charge in [0.1, 0.15) is 11.6 Å². The van der Waals surface area contributed by atoms with Crippen molar-refractivity contribution in [3.05, 3.63) is 143 Å². The van der Waals surface area contributed by atoms with Crippen LogP contribution in [0.5, 0.6) is 5.75 Å². The number of nitrogens with zero attached hydrogens (tertiary/aromatic N) is 3. The zero-order valence-corrected chi connectivity index (χ0v) is 24.8. The molecule has 7 heteroatoms. The molecule has 0 N–H and O–H groups in total. The Hall–Kier alpha value is -5.17. The average molecular weight is 588 g/mol. The SMILES string of the molecule is COc1ccc(-c2cc(C(=O)N3CCN(C(=O)C(c4ccccc4)c4ccccc4)CC3)c(C)n2-c2ccccc2F)cc1. The van der Waals surface area contributed by atoms with Crippen LogP contribution in [0.15, 0.2) is 115 Å². The second-order valence-corrected chi connectivity index (χ2v) is 10.9. The van der Waals surface area contributed by atoms with Crippen molar-refractivity contribution in [2.45, 2.75) is 12.8 Å². The fourth-order valence-electron chi connectivity index (χ4n) is 5.99. The highest BCUT2D eigenvalue weighted by molar-refractivity contribution is 5.97. The molecule has 1 aromatic heterocycles. The number of amides is 2. The number of methoxy groups -OCH3 is 1. The zero-order chi connectivity index (χ0) is 30.6. The zero-order valence-electron chi connectivity index (χ0n) is 24.8. The maximum absolute atomic E-state index is 15.1. The van der Waals surface area contributed by atoms with Crippen LogP contribution in [0.25, 0.3) is 16.9 Å². The van der Waals surface area contributed by atoms with E-state index < -0.39 is 5.92 Å². The van der Waals surface area contributed by atoms with Crippen LogP contribution in [0.3, 0.4) is 0 Å². The topological polar surface area (TPSA) is 54.8 Å². The summed E-state index contributed by atoms with van der Waals surface area (Å²) in [5.41, 5.74) is 4.96. The summed E-state index contributed by atoms with van der Waals surface area (Å²) >= 11 is 0. The third kappa shape index (κ3) is 5.61. The van der Waals surface area contributed by atoms with Gasteiger partial charge in [-0.2, -0.15) is 0 Å². The fourth-order valence-corrected chi connectivity index (χ4v) is 5.99. The van der Waals surface area contributed by atoms with Crippen molar-refractivity contribution in [1.82, 2.24) is 14.4 Å². The van der Waals surface area contributed by atoms with Gasteiger partial charge in [0, 0.05) is 31.9 Å². The van der Waals surface area contributed by atoms with Crippen molar-refractivity contribution in [3.63, 3.8) is 0 Å². The van der Waals surface area contributed by atoms with Gasteiger partial charge in [0.15, 0.2) is 0 Å². The van der Waals surface area contributed by atoms with Crippen LogP contribution < -0.4 is 4.74 Å². The molecule has 2 heterocycles. The van der Waals surface area contributed by atoms with Crippen LogP contribution >= 0.6 is 0 Å². The van der Waals surface area contributed by atoms with Crippen LogP contribution in [-0.2, 0) is 4.79 Å². The summed E-state index contributed by atoms with van der Waals surface area (Å²) in [6, 6.07) is 35.5. The number of hydrogen-bond donors (Lipinski definition) is 0. The summed E-state index contributed by atoms with van der Waals surface area (Å²) in [5, 5.41) is 0. The van der Waals surface area contributed by atoms with Crippen LogP contribution in [-0.4, -0.2) is 59.5 Å². The normalized spacial score (nSPS) is 13.3. The Balaban J connectivity index is 1.26. The highest BCUT2D eigenvalue weighted by Crippen LogP contribution is 2.33. The van der Waals surface area contributed by atoms with Crippen LogP contribution in [0, 0.1) is 12.7 Å². The monoisotopic (exact) mass is 587 g/mol. The number of para-hydroxylation sites is 1. The molecule has 4 aromatic carbocycles. The van der Waals surface area contributed by atoms with Gasteiger partial charge < -0.3 is 19.1 Å². The van der Waals surface area contributed by atoms with Crippen molar-refractivity contribution < 1.29 is 18.7 Å². The average Bonchev–Trinajstić information content (AvgIpc) is 3.42. The highest BCUT2D eigenvalue weighted by Gasteiger charge is 2.32. The van der Waals surface area contributed by atoms with Crippen molar-refractivity contribution in [2.75, 3.05) is 33.3 Å². The molecule has 0 aliphatic carbocycles. The molecule has 1 aliphatic rings. The first-order valence-electron chi connectivity index (χ1n) is 14.8. The summed E-state index contributed by atoms with van der Waals surface area (Å²) in [5.74, 6) is -0.192. The molecule has 6 nitrogen and oxygen atoms in total. The molecular weight excluding hydrogens is 553 g/mol. The third-order valence-corrected chi connectivity index (χ3v) is 8.35. The van der Waals surface area contributed by atoms with Gasteiger partial charge in [-0.25, -0.2) is 4.39 Å². The number of benzene rings is 4. The quantitative estimate of drug-likeness (QED) is 0.213. The predicted octanol–water partition coefficient (Wildman–Crippen LogP) is 6.72. The number of ether oxygens (including phenoxy) is 1. The Morgan fingerprint density at radius 2 is 1.27 bits per heavy atom. The molecule has 0 bridgehead atoms. The Kier molecular flexibility index (Phi) is 8.28. The number of halogens is 1. The van der Waals surface area contributed by atoms with Crippen molar-refractivity contribution in [1.29, 1.82) is 0 Å². The van der Waals surface area contributed by atoms with E-state index in [0.29, 0.717) is 54.6 Å². The van der Waals surface area contributed by atoms with Gasteiger partial charge >= 0.3 is 0 Å². The van der Waals surface area contributed by atoms with Crippen molar-refractivity contribution in [3.8, 4) is 22.7 Å². The lowest BCUT2D eigenvalue weighted by molar-refractivity contribution is -0.133. The Morgan fingerprint density at radius 3 is 1.84 bits per heavy atom. The van der Waals surface area contributed by atoms with E-state index in [4.69, 9.17) is 4.74 Å². The fraction of sp³-hybridized carbons (Fsp3) is 0.189. The summed E-state index contributed by atoms with van der Waals surface area (Å²) in [6.45, 7) is 3.52. The molecule has 2 amide bonds. The number of hydrogen-bond acceptors (Lipinski definition) is 3. The summed E-state index contributed by atoms with van der Waals surface area (Å²) in [4.78, 5) is 31.5. The molecule has 222 valence electrons. The van der Waals surface area contributed by atoms with Gasteiger partial charge in [0.05, 0.1) is 30.0 Å². The second kappa shape index (κ2) is 12.6. The molecule has 5 aromatic rings. The number of piperazine rings is 1. The highest BCUT2D eigenvalue weighted by atomic mass is 19.1. The van der Waals surface area contributed by atoms with Crippen LogP contribution in [0.1, 0.15) is 33.1 Å². The van der Waals surface area contributed by atoms with E-state index in [1.54, 1.807) is 34.8 Å². The molecule has 6 rings (SSSR count). The Bertz CT molecular complexity index is 1720. The molecule has 0 unspecified atom stereocenters. The number of carbonyl (C=O) groups is 2. The van der Waals surface area contributed by atoms with Crippen LogP contribution in [0.4, 0.5) is 4.39 Å². The molecule has 0 spiro atoms. The molecule has 1 fully saturated rings. The first kappa shape index (κ1) is 28.9. The molecule has 1 aliphatic heterocycles. The Labute approximate surface area is 256 Å². The largest absolute Gasteiger partial charge is 0.497 e. The van der Waals surface area contributed by atoms with E-state index >= 15 is 4.39 Å². The first-order valence-corrected chi connectivity index (χ1v) is 14.8. The minimum atomic E-state index is -0.413. The van der Waals surface area contributed by atoms with Gasteiger partial charge in [-0.05, 0) is 66.1 Å². The van der Waals surface area contributed by atoms with E-state index in [0.717, 1.165) is 16.7 Å². The lowest BCUT2D eigenvalue weighted by Crippen LogP contribution is -2.51. The maximum atomic E-state index is 15.1. The molecule has 0 atom stereocenters. The summed E-state index contributed by atoms with van der Waals surface area (Å²) in [6.07, 6.45) is 0. The van der Waals surface area contributed by atoms with Crippen molar-refractivity contribution >= 4 is 11.8 Å². The Morgan fingerprint density at radius 1 is 0.727 bits per heavy atom. The molecular formula is C37H34FN3O3. The van der Waals surface area contributed by atoms with Crippen molar-refractivity contribution in [2.24, 2.45) is 0 Å². The van der Waals surface area contributed by atoms with E-state index in [-0.39, 0.29) is 17.6 Å². The number of rotatable bonds is 7. The minimum absolute atomic E-state index is 0.0261. The van der Waals surface area contributed by atoms with Gasteiger partial charge in [0.2, 0.25) is 5.91 Å². The van der Waals surface area contributed by atoms with E-state index in [1.165, 1.54) is 6.07 Å². The van der Waals surface area contributed by atoms with E-state index in [2.05, 4.69) is 0 Å². The molecule has 0 radical (unpaired) electrons. The number of aromatic nitrogens is 1. The molecule has 0 saturated carbocycles. The first-order chi connectivity index (χ1) is 21.5. The van der Waals surface area contributed by atoms with Crippen LogP contribution in [0.2, 0.25) is 0 Å². The van der Waals surface area contributed by atoms with Gasteiger partial charge in [-0.1, -0.05) is 72.8 Å². The maximum Gasteiger partial charge on any atom is 0.255 e. The van der Waals surface area contributed by atoms with Gasteiger partial charge in [-0.15, -0.1) is 0 Å². The van der Waals surface area contributed by atoms with Gasteiger partial charge in [0.25, 0.3) is 5.91 Å². The third-order valence-electron chi connectivity index (χ3n) is 8.35. The smallest absolute Gasteiger partial charge is 0.255 e. The predicted molar refractivity (Wildman–Crippen MR) is 170 cm³/mol. The second-order valence-electron chi connectivity index (χ2n) is 10.9. The lowest BCUT2D eigenvalue weighted by Gasteiger charge is -2.36. The number of carbonyl (C=O) groups excluding carboxylic acids is 2. The lowest BCUT2D eigenvalue weighted by atomic mass is 9.90. The van der Waals surface area contributed by atoms with E-state index in [9.17, 15) is 9.59 Å². The summed E-state index contributed by atoms with van der Waals surface area (Å²) in [7, 11) is 1.61.